The van der Waals surface area contributed by atoms with Gasteiger partial charge in [0.25, 0.3) is 0 Å². The van der Waals surface area contributed by atoms with Crippen LogP contribution in [0.1, 0.15) is 31.7 Å². The van der Waals surface area contributed by atoms with Crippen molar-refractivity contribution in [2.45, 2.75) is 38.7 Å². The molecule has 0 aliphatic heterocycles. The molecule has 0 radical (unpaired) electrons. The Bertz CT molecular complexity index is 275. The molecule has 0 aromatic heterocycles. The van der Waals surface area contributed by atoms with E-state index in [-0.39, 0.29) is 6.10 Å². The number of aliphatic hydroxyl groups excluding tert-OH is 1. The fourth-order valence-electron chi connectivity index (χ4n) is 1.58. The summed E-state index contributed by atoms with van der Waals surface area (Å²) < 4.78 is 0. The van der Waals surface area contributed by atoms with E-state index in [2.05, 4.69) is 29.7 Å². The van der Waals surface area contributed by atoms with Gasteiger partial charge >= 0.3 is 0 Å². The molecule has 0 heterocycles. The molecule has 0 saturated carbocycles. The molecule has 1 aromatic rings. The lowest BCUT2D eigenvalue weighted by Gasteiger charge is -2.07. The second-order valence-corrected chi connectivity index (χ2v) is 4.34. The van der Waals surface area contributed by atoms with Crippen LogP contribution in [0.3, 0.4) is 0 Å². The summed E-state index contributed by atoms with van der Waals surface area (Å²) in [5.74, 6) is 0. The van der Waals surface area contributed by atoms with Crippen LogP contribution in [0.5, 0.6) is 0 Å². The Morgan fingerprint density at radius 3 is 2.65 bits per heavy atom. The monoisotopic (exact) mass is 237 g/mol. The van der Waals surface area contributed by atoms with E-state index < -0.39 is 0 Å². The Labute approximate surface area is 104 Å². The van der Waals surface area contributed by atoms with Crippen LogP contribution < -0.4 is 5.48 Å². The van der Waals surface area contributed by atoms with Gasteiger partial charge in [0.1, 0.15) is 0 Å². The van der Waals surface area contributed by atoms with Crippen LogP contribution in [0.25, 0.3) is 0 Å². The van der Waals surface area contributed by atoms with E-state index in [1.54, 1.807) is 6.92 Å². The molecule has 0 amide bonds. The third-order valence-electron chi connectivity index (χ3n) is 2.54. The van der Waals surface area contributed by atoms with Crippen molar-refractivity contribution in [1.82, 2.24) is 5.48 Å². The molecule has 3 nitrogen and oxygen atoms in total. The summed E-state index contributed by atoms with van der Waals surface area (Å²) >= 11 is 0. The van der Waals surface area contributed by atoms with Crippen LogP contribution in [-0.2, 0) is 11.3 Å². The van der Waals surface area contributed by atoms with Crippen molar-refractivity contribution >= 4 is 0 Å². The van der Waals surface area contributed by atoms with Gasteiger partial charge in [-0.15, -0.1) is 0 Å². The normalized spacial score (nSPS) is 12.6. The third-order valence-corrected chi connectivity index (χ3v) is 2.54. The van der Waals surface area contributed by atoms with E-state index in [0.717, 1.165) is 12.8 Å². The molecule has 1 atom stereocenters. The van der Waals surface area contributed by atoms with E-state index in [1.165, 1.54) is 18.4 Å². The van der Waals surface area contributed by atoms with Gasteiger partial charge in [-0.2, -0.15) is 5.48 Å². The highest BCUT2D eigenvalue weighted by Gasteiger charge is 1.95. The van der Waals surface area contributed by atoms with E-state index in [9.17, 15) is 0 Å². The number of unbranched alkanes of at least 4 members (excludes halogenated alkanes) is 2. The quantitative estimate of drug-likeness (QED) is 0.511. The Morgan fingerprint density at radius 1 is 1.18 bits per heavy atom. The predicted octanol–water partition coefficient (Wildman–Crippen LogP) is 2.30. The molecule has 96 valence electrons. The highest BCUT2D eigenvalue weighted by Crippen LogP contribution is 2.05. The second kappa shape index (κ2) is 9.16. The van der Waals surface area contributed by atoms with Gasteiger partial charge in [-0.05, 0) is 31.7 Å². The Balaban J connectivity index is 1.88. The number of rotatable bonds is 9. The minimum absolute atomic E-state index is 0.354. The standard InChI is InChI=1S/C14H23NO2/c1-13(16)12-15-17-11-7-3-6-10-14-8-4-2-5-9-14/h2,4-5,8-9,13,15-16H,3,6-7,10-12H2,1H3. The summed E-state index contributed by atoms with van der Waals surface area (Å²) in [7, 11) is 0. The Morgan fingerprint density at radius 2 is 1.94 bits per heavy atom. The van der Waals surface area contributed by atoms with Crippen molar-refractivity contribution in [1.29, 1.82) is 0 Å². The molecule has 0 spiro atoms. The molecule has 1 aromatic carbocycles. The van der Waals surface area contributed by atoms with Crippen LogP contribution >= 0.6 is 0 Å². The van der Waals surface area contributed by atoms with Crippen molar-refractivity contribution < 1.29 is 9.94 Å². The molecule has 1 rings (SSSR count). The van der Waals surface area contributed by atoms with Gasteiger partial charge in [0.15, 0.2) is 0 Å². The lowest BCUT2D eigenvalue weighted by atomic mass is 10.1. The topological polar surface area (TPSA) is 41.5 Å². The molecule has 0 aliphatic rings. The molecule has 0 aliphatic carbocycles. The summed E-state index contributed by atoms with van der Waals surface area (Å²) in [6, 6.07) is 10.5. The van der Waals surface area contributed by atoms with Gasteiger partial charge in [0.05, 0.1) is 12.7 Å². The zero-order valence-corrected chi connectivity index (χ0v) is 10.6. The molecule has 1 unspecified atom stereocenters. The number of hydrogen-bond acceptors (Lipinski definition) is 3. The van der Waals surface area contributed by atoms with Gasteiger partial charge in [0.2, 0.25) is 0 Å². The minimum atomic E-state index is -0.354. The number of aliphatic hydroxyl groups is 1. The van der Waals surface area contributed by atoms with Crippen molar-refractivity contribution in [3.63, 3.8) is 0 Å². The van der Waals surface area contributed by atoms with Crippen LogP contribution in [0, 0.1) is 0 Å². The first-order chi connectivity index (χ1) is 8.29. The Kier molecular flexibility index (Phi) is 7.63. The summed E-state index contributed by atoms with van der Waals surface area (Å²) in [6.07, 6.45) is 4.21. The van der Waals surface area contributed by atoms with E-state index >= 15 is 0 Å². The van der Waals surface area contributed by atoms with Gasteiger partial charge < -0.3 is 9.94 Å². The van der Waals surface area contributed by atoms with Crippen LogP contribution in [0.15, 0.2) is 30.3 Å². The van der Waals surface area contributed by atoms with E-state index in [0.29, 0.717) is 13.2 Å². The maximum atomic E-state index is 8.98. The molecular formula is C14H23NO2. The SMILES string of the molecule is CC(O)CNOCCCCCc1ccccc1. The zero-order valence-electron chi connectivity index (χ0n) is 10.6. The molecule has 0 fully saturated rings. The molecule has 0 saturated heterocycles. The average Bonchev–Trinajstić information content (AvgIpc) is 2.33. The van der Waals surface area contributed by atoms with Crippen molar-refractivity contribution in [3.8, 4) is 0 Å². The zero-order chi connectivity index (χ0) is 12.3. The lowest BCUT2D eigenvalue weighted by Crippen LogP contribution is -2.25. The lowest BCUT2D eigenvalue weighted by molar-refractivity contribution is 0.0157. The minimum Gasteiger partial charge on any atom is -0.392 e. The summed E-state index contributed by atoms with van der Waals surface area (Å²) in [5.41, 5.74) is 4.15. The van der Waals surface area contributed by atoms with Gasteiger partial charge in [-0.3, -0.25) is 0 Å². The summed E-state index contributed by atoms with van der Waals surface area (Å²) in [4.78, 5) is 5.19. The summed E-state index contributed by atoms with van der Waals surface area (Å²) in [5, 5.41) is 8.98. The second-order valence-electron chi connectivity index (χ2n) is 4.34. The van der Waals surface area contributed by atoms with Gasteiger partial charge in [-0.25, -0.2) is 0 Å². The van der Waals surface area contributed by atoms with Crippen LogP contribution in [0.2, 0.25) is 0 Å². The average molecular weight is 237 g/mol. The fraction of sp³-hybridized carbons (Fsp3) is 0.571. The smallest absolute Gasteiger partial charge is 0.0682 e. The number of hydroxylamine groups is 1. The number of hydrogen-bond donors (Lipinski definition) is 2. The van der Waals surface area contributed by atoms with E-state index in [1.807, 2.05) is 6.07 Å². The highest BCUT2D eigenvalue weighted by molar-refractivity contribution is 5.14. The maximum absolute atomic E-state index is 8.98. The molecule has 3 heteroatoms. The molecule has 2 N–H and O–H groups in total. The molecular weight excluding hydrogens is 214 g/mol. The molecule has 17 heavy (non-hydrogen) atoms. The molecule has 0 bridgehead atoms. The predicted molar refractivity (Wildman–Crippen MR) is 69.6 cm³/mol. The van der Waals surface area contributed by atoms with Gasteiger partial charge in [0, 0.05) is 6.54 Å². The Hall–Kier alpha value is -0.900. The first-order valence-corrected chi connectivity index (χ1v) is 6.35. The first kappa shape index (κ1) is 14.2. The van der Waals surface area contributed by atoms with Crippen molar-refractivity contribution in [3.05, 3.63) is 35.9 Å². The summed E-state index contributed by atoms with van der Waals surface area (Å²) in [6.45, 7) is 2.93. The third kappa shape index (κ3) is 7.91. The number of nitrogens with one attached hydrogen (secondary N) is 1. The van der Waals surface area contributed by atoms with Crippen LogP contribution in [-0.4, -0.2) is 24.4 Å². The maximum Gasteiger partial charge on any atom is 0.0682 e. The van der Waals surface area contributed by atoms with Crippen molar-refractivity contribution in [2.24, 2.45) is 0 Å². The first-order valence-electron chi connectivity index (χ1n) is 6.35. The highest BCUT2D eigenvalue weighted by atomic mass is 16.6. The number of aryl methyl sites for hydroxylation is 1. The van der Waals surface area contributed by atoms with E-state index in [4.69, 9.17) is 9.94 Å². The fourth-order valence-corrected chi connectivity index (χ4v) is 1.58. The van der Waals surface area contributed by atoms with Crippen molar-refractivity contribution in [2.75, 3.05) is 13.2 Å². The van der Waals surface area contributed by atoms with Gasteiger partial charge in [-0.1, -0.05) is 36.8 Å². The largest absolute Gasteiger partial charge is 0.392 e. The number of benzene rings is 1. The van der Waals surface area contributed by atoms with Crippen LogP contribution in [0.4, 0.5) is 0 Å².